The van der Waals surface area contributed by atoms with E-state index in [4.69, 9.17) is 4.74 Å². The molecule has 2 aromatic carbocycles. The molecule has 0 saturated carbocycles. The third-order valence-electron chi connectivity index (χ3n) is 4.00. The Labute approximate surface area is 141 Å². The molecule has 0 saturated heterocycles. The Hall–Kier alpha value is -1.47. The first kappa shape index (κ1) is 18.6. The molecular formula is C20H27ClO. The summed E-state index contributed by atoms with van der Waals surface area (Å²) in [5, 5.41) is 0. The van der Waals surface area contributed by atoms with Gasteiger partial charge < -0.3 is 4.74 Å². The van der Waals surface area contributed by atoms with Crippen LogP contribution in [0.25, 0.3) is 0 Å². The fourth-order valence-electron chi connectivity index (χ4n) is 2.73. The lowest BCUT2D eigenvalue weighted by atomic mass is 9.95. The number of hydrogen-bond acceptors (Lipinski definition) is 1. The van der Waals surface area contributed by atoms with Crippen LogP contribution >= 0.6 is 12.4 Å². The zero-order valence-electron chi connectivity index (χ0n) is 13.6. The Balaban J connectivity index is 0.00000242. The second kappa shape index (κ2) is 10.3. The predicted molar refractivity (Wildman–Crippen MR) is 97.1 cm³/mol. The molecule has 1 atom stereocenters. The SMILES string of the molecule is COc1ccc(CCCC[C@H](C)Cc2ccccc2)cc1.Cl. The van der Waals surface area contributed by atoms with E-state index in [1.54, 1.807) is 7.11 Å². The molecule has 0 N–H and O–H groups in total. The fraction of sp³-hybridized carbons (Fsp3) is 0.400. The summed E-state index contributed by atoms with van der Waals surface area (Å²) in [5.41, 5.74) is 2.87. The van der Waals surface area contributed by atoms with Crippen LogP contribution in [0.5, 0.6) is 5.75 Å². The molecule has 0 amide bonds. The normalized spacial score (nSPS) is 11.5. The second-order valence-electron chi connectivity index (χ2n) is 5.89. The molecule has 2 heteroatoms. The van der Waals surface area contributed by atoms with Gasteiger partial charge in [0.15, 0.2) is 0 Å². The van der Waals surface area contributed by atoms with E-state index in [0.717, 1.165) is 11.7 Å². The van der Waals surface area contributed by atoms with E-state index in [-0.39, 0.29) is 12.4 Å². The van der Waals surface area contributed by atoms with Gasteiger partial charge in [0.05, 0.1) is 7.11 Å². The minimum atomic E-state index is 0. The van der Waals surface area contributed by atoms with E-state index in [9.17, 15) is 0 Å². The Morgan fingerprint density at radius 3 is 2.18 bits per heavy atom. The molecular weight excluding hydrogens is 292 g/mol. The molecule has 0 bridgehead atoms. The summed E-state index contributed by atoms with van der Waals surface area (Å²) in [5.74, 6) is 1.71. The monoisotopic (exact) mass is 318 g/mol. The van der Waals surface area contributed by atoms with Crippen LogP contribution in [-0.4, -0.2) is 7.11 Å². The number of ether oxygens (including phenoxy) is 1. The average molecular weight is 319 g/mol. The summed E-state index contributed by atoms with van der Waals surface area (Å²) < 4.78 is 5.18. The first-order valence-corrected chi connectivity index (χ1v) is 7.95. The molecule has 1 nitrogen and oxygen atoms in total. The van der Waals surface area contributed by atoms with Crippen LogP contribution in [0.1, 0.15) is 37.3 Å². The molecule has 0 fully saturated rings. The zero-order valence-corrected chi connectivity index (χ0v) is 14.4. The Morgan fingerprint density at radius 1 is 0.864 bits per heavy atom. The summed E-state index contributed by atoms with van der Waals surface area (Å²) in [6.45, 7) is 2.36. The molecule has 0 aromatic heterocycles. The third-order valence-corrected chi connectivity index (χ3v) is 4.00. The lowest BCUT2D eigenvalue weighted by Gasteiger charge is -2.11. The Kier molecular flexibility index (Phi) is 8.69. The van der Waals surface area contributed by atoms with Gasteiger partial charge in [0, 0.05) is 0 Å². The van der Waals surface area contributed by atoms with Crippen molar-refractivity contribution in [2.45, 2.75) is 39.0 Å². The van der Waals surface area contributed by atoms with Crippen LogP contribution in [0.4, 0.5) is 0 Å². The van der Waals surface area contributed by atoms with E-state index in [0.29, 0.717) is 0 Å². The van der Waals surface area contributed by atoms with Gasteiger partial charge in [-0.2, -0.15) is 0 Å². The molecule has 0 heterocycles. The lowest BCUT2D eigenvalue weighted by molar-refractivity contribution is 0.414. The molecule has 22 heavy (non-hydrogen) atoms. The highest BCUT2D eigenvalue weighted by Crippen LogP contribution is 2.17. The number of aryl methyl sites for hydroxylation is 1. The van der Waals surface area contributed by atoms with Crippen LogP contribution in [0, 0.1) is 5.92 Å². The lowest BCUT2D eigenvalue weighted by Crippen LogP contribution is -2.00. The molecule has 2 aromatic rings. The summed E-state index contributed by atoms with van der Waals surface area (Å²) in [6, 6.07) is 19.3. The third kappa shape index (κ3) is 6.53. The van der Waals surface area contributed by atoms with Crippen LogP contribution in [-0.2, 0) is 12.8 Å². The van der Waals surface area contributed by atoms with Gasteiger partial charge in [-0.1, -0.05) is 62.2 Å². The second-order valence-corrected chi connectivity index (χ2v) is 5.89. The molecule has 0 radical (unpaired) electrons. The van der Waals surface area contributed by atoms with Crippen molar-refractivity contribution in [2.75, 3.05) is 7.11 Å². The number of halogens is 1. The number of benzene rings is 2. The van der Waals surface area contributed by atoms with Crippen LogP contribution in [0.3, 0.4) is 0 Å². The van der Waals surface area contributed by atoms with Crippen molar-refractivity contribution in [2.24, 2.45) is 5.92 Å². The Morgan fingerprint density at radius 2 is 1.55 bits per heavy atom. The van der Waals surface area contributed by atoms with Gasteiger partial charge in [0.1, 0.15) is 5.75 Å². The zero-order chi connectivity index (χ0) is 14.9. The van der Waals surface area contributed by atoms with Crippen molar-refractivity contribution in [1.29, 1.82) is 0 Å². The van der Waals surface area contributed by atoms with Gasteiger partial charge in [-0.15, -0.1) is 12.4 Å². The van der Waals surface area contributed by atoms with Crippen molar-refractivity contribution in [1.82, 2.24) is 0 Å². The fourth-order valence-corrected chi connectivity index (χ4v) is 2.73. The van der Waals surface area contributed by atoms with Crippen molar-refractivity contribution >= 4 is 12.4 Å². The van der Waals surface area contributed by atoms with Gasteiger partial charge in [0.25, 0.3) is 0 Å². The van der Waals surface area contributed by atoms with Crippen molar-refractivity contribution in [3.05, 3.63) is 65.7 Å². The maximum atomic E-state index is 5.18. The molecule has 0 aliphatic rings. The highest BCUT2D eigenvalue weighted by molar-refractivity contribution is 5.85. The van der Waals surface area contributed by atoms with Crippen molar-refractivity contribution in [3.8, 4) is 5.75 Å². The van der Waals surface area contributed by atoms with Crippen molar-refractivity contribution in [3.63, 3.8) is 0 Å². The highest BCUT2D eigenvalue weighted by atomic mass is 35.5. The molecule has 2 rings (SSSR count). The van der Waals surface area contributed by atoms with Gasteiger partial charge in [-0.05, 0) is 48.4 Å². The van der Waals surface area contributed by atoms with Crippen molar-refractivity contribution < 1.29 is 4.74 Å². The maximum Gasteiger partial charge on any atom is 0.118 e. The average Bonchev–Trinajstić information content (AvgIpc) is 2.53. The van der Waals surface area contributed by atoms with Gasteiger partial charge >= 0.3 is 0 Å². The largest absolute Gasteiger partial charge is 0.497 e. The minimum Gasteiger partial charge on any atom is -0.497 e. The standard InChI is InChI=1S/C20H26O.ClH/c1-17(16-19-10-4-3-5-11-19)8-6-7-9-18-12-14-20(21-2)15-13-18;/h3-5,10-15,17H,6-9,16H2,1-2H3;1H/t17-;/m0./s1. The predicted octanol–water partition coefficient (Wildman–Crippen LogP) is 5.71. The van der Waals surface area contributed by atoms with Crippen LogP contribution < -0.4 is 4.74 Å². The van der Waals surface area contributed by atoms with E-state index in [1.165, 1.54) is 43.2 Å². The van der Waals surface area contributed by atoms with Gasteiger partial charge in [0.2, 0.25) is 0 Å². The molecule has 0 spiro atoms. The van der Waals surface area contributed by atoms with E-state index in [1.807, 2.05) is 12.1 Å². The van der Waals surface area contributed by atoms with E-state index in [2.05, 4.69) is 49.4 Å². The van der Waals surface area contributed by atoms with E-state index < -0.39 is 0 Å². The number of rotatable bonds is 8. The summed E-state index contributed by atoms with van der Waals surface area (Å²) in [6.07, 6.45) is 6.25. The quantitative estimate of drug-likeness (QED) is 0.566. The topological polar surface area (TPSA) is 9.23 Å². The smallest absolute Gasteiger partial charge is 0.118 e. The molecule has 0 unspecified atom stereocenters. The van der Waals surface area contributed by atoms with E-state index >= 15 is 0 Å². The molecule has 120 valence electrons. The Bertz CT molecular complexity index is 507. The number of hydrogen-bond donors (Lipinski definition) is 0. The summed E-state index contributed by atoms with van der Waals surface area (Å²) in [4.78, 5) is 0. The number of methoxy groups -OCH3 is 1. The van der Waals surface area contributed by atoms with Crippen LogP contribution in [0.2, 0.25) is 0 Å². The van der Waals surface area contributed by atoms with Crippen LogP contribution in [0.15, 0.2) is 54.6 Å². The van der Waals surface area contributed by atoms with Gasteiger partial charge in [-0.25, -0.2) is 0 Å². The highest BCUT2D eigenvalue weighted by Gasteiger charge is 2.03. The molecule has 0 aliphatic carbocycles. The molecule has 0 aliphatic heterocycles. The minimum absolute atomic E-state index is 0. The summed E-state index contributed by atoms with van der Waals surface area (Å²) in [7, 11) is 1.71. The van der Waals surface area contributed by atoms with Gasteiger partial charge in [-0.3, -0.25) is 0 Å². The number of unbranched alkanes of at least 4 members (excludes halogenated alkanes) is 1. The first-order valence-electron chi connectivity index (χ1n) is 7.95. The summed E-state index contributed by atoms with van der Waals surface area (Å²) >= 11 is 0. The first-order chi connectivity index (χ1) is 10.3. The maximum absolute atomic E-state index is 5.18.